The minimum Gasteiger partial charge on any atom is -0.351 e. The third-order valence-corrected chi connectivity index (χ3v) is 2.17. The summed E-state index contributed by atoms with van der Waals surface area (Å²) in [6.07, 6.45) is -4.28. The molecule has 0 aromatic heterocycles. The molecule has 1 unspecified atom stereocenters. The standard InChI is InChI=1S/C12H22F3N3O2/c1-8(10(20)17-7-12(13,14)15)16-6-5-9(19)18-11(2,3)4/h8,16H,5-7H2,1-4H3,(H,17,20)(H,18,19). The Bertz CT molecular complexity index is 338. The number of rotatable bonds is 6. The Morgan fingerprint density at radius 1 is 1.15 bits per heavy atom. The van der Waals surface area contributed by atoms with E-state index >= 15 is 0 Å². The SMILES string of the molecule is CC(NCCC(=O)NC(C)(C)C)C(=O)NCC(F)(F)F. The highest BCUT2D eigenvalue weighted by molar-refractivity contribution is 5.81. The summed E-state index contributed by atoms with van der Waals surface area (Å²) in [4.78, 5) is 22.8. The van der Waals surface area contributed by atoms with Gasteiger partial charge < -0.3 is 16.0 Å². The lowest BCUT2D eigenvalue weighted by Gasteiger charge is -2.21. The number of amides is 2. The predicted octanol–water partition coefficient (Wildman–Crippen LogP) is 0.948. The summed E-state index contributed by atoms with van der Waals surface area (Å²) < 4.78 is 35.7. The van der Waals surface area contributed by atoms with Crippen molar-refractivity contribution in [3.05, 3.63) is 0 Å². The first kappa shape index (κ1) is 18.7. The predicted molar refractivity (Wildman–Crippen MR) is 69.0 cm³/mol. The van der Waals surface area contributed by atoms with Crippen molar-refractivity contribution in [1.29, 1.82) is 0 Å². The van der Waals surface area contributed by atoms with Crippen LogP contribution in [0.1, 0.15) is 34.1 Å². The number of hydrogen-bond donors (Lipinski definition) is 3. The number of nitrogens with one attached hydrogen (secondary N) is 3. The summed E-state index contributed by atoms with van der Waals surface area (Å²) in [5.74, 6) is -0.938. The van der Waals surface area contributed by atoms with E-state index in [0.29, 0.717) is 0 Å². The molecule has 0 radical (unpaired) electrons. The van der Waals surface area contributed by atoms with Crippen molar-refractivity contribution in [2.24, 2.45) is 0 Å². The highest BCUT2D eigenvalue weighted by Gasteiger charge is 2.28. The summed E-state index contributed by atoms with van der Waals surface area (Å²) in [5, 5.41) is 7.21. The maximum absolute atomic E-state index is 11.9. The van der Waals surface area contributed by atoms with Gasteiger partial charge >= 0.3 is 6.18 Å². The van der Waals surface area contributed by atoms with Gasteiger partial charge in [0.15, 0.2) is 0 Å². The van der Waals surface area contributed by atoms with E-state index < -0.39 is 24.7 Å². The zero-order valence-electron chi connectivity index (χ0n) is 12.1. The van der Waals surface area contributed by atoms with Gasteiger partial charge in [0.25, 0.3) is 0 Å². The van der Waals surface area contributed by atoms with Gasteiger partial charge in [-0.3, -0.25) is 9.59 Å². The summed E-state index contributed by atoms with van der Waals surface area (Å²) in [7, 11) is 0. The second-order valence-corrected chi connectivity index (χ2v) is 5.56. The molecule has 8 heteroatoms. The Morgan fingerprint density at radius 3 is 2.15 bits per heavy atom. The molecule has 0 saturated heterocycles. The zero-order chi connectivity index (χ0) is 16.0. The largest absolute Gasteiger partial charge is 0.405 e. The molecule has 0 aliphatic carbocycles. The Morgan fingerprint density at radius 2 is 1.70 bits per heavy atom. The Kier molecular flexibility index (Phi) is 6.98. The molecule has 0 spiro atoms. The van der Waals surface area contributed by atoms with Gasteiger partial charge in [0.05, 0.1) is 6.04 Å². The molecule has 0 saturated carbocycles. The fraction of sp³-hybridized carbons (Fsp3) is 0.833. The van der Waals surface area contributed by atoms with Gasteiger partial charge in [0.2, 0.25) is 11.8 Å². The maximum atomic E-state index is 11.9. The van der Waals surface area contributed by atoms with Gasteiger partial charge in [-0.15, -0.1) is 0 Å². The molecule has 20 heavy (non-hydrogen) atoms. The zero-order valence-corrected chi connectivity index (χ0v) is 12.1. The maximum Gasteiger partial charge on any atom is 0.405 e. The second kappa shape index (κ2) is 7.47. The molecular weight excluding hydrogens is 275 g/mol. The van der Waals surface area contributed by atoms with E-state index in [0.717, 1.165) is 0 Å². The van der Waals surface area contributed by atoms with Crippen molar-refractivity contribution < 1.29 is 22.8 Å². The van der Waals surface area contributed by atoms with Crippen LogP contribution < -0.4 is 16.0 Å². The summed E-state index contributed by atoms with van der Waals surface area (Å²) in [6, 6.07) is -0.792. The van der Waals surface area contributed by atoms with Crippen LogP contribution in [-0.2, 0) is 9.59 Å². The normalized spacial score (nSPS) is 13.8. The molecule has 0 bridgehead atoms. The molecule has 2 amide bonds. The van der Waals surface area contributed by atoms with Crippen LogP contribution in [0.4, 0.5) is 13.2 Å². The molecule has 0 heterocycles. The van der Waals surface area contributed by atoms with Gasteiger partial charge in [-0.05, 0) is 27.7 Å². The third kappa shape index (κ3) is 10.6. The highest BCUT2D eigenvalue weighted by Crippen LogP contribution is 2.12. The van der Waals surface area contributed by atoms with Crippen LogP contribution in [0.25, 0.3) is 0 Å². The van der Waals surface area contributed by atoms with Crippen LogP contribution in [0.3, 0.4) is 0 Å². The first-order valence-electron chi connectivity index (χ1n) is 6.29. The monoisotopic (exact) mass is 297 g/mol. The van der Waals surface area contributed by atoms with E-state index in [1.807, 2.05) is 20.8 Å². The number of hydrogen-bond acceptors (Lipinski definition) is 3. The van der Waals surface area contributed by atoms with E-state index in [1.54, 1.807) is 5.32 Å². The molecule has 1 atom stereocenters. The second-order valence-electron chi connectivity index (χ2n) is 5.56. The fourth-order valence-corrected chi connectivity index (χ4v) is 1.32. The lowest BCUT2D eigenvalue weighted by atomic mass is 10.1. The Balaban J connectivity index is 3.90. The molecule has 0 aromatic carbocycles. The first-order valence-corrected chi connectivity index (χ1v) is 6.29. The van der Waals surface area contributed by atoms with Crippen molar-refractivity contribution in [2.45, 2.75) is 51.9 Å². The average Bonchev–Trinajstić information content (AvgIpc) is 2.22. The van der Waals surface area contributed by atoms with Gasteiger partial charge in [0, 0.05) is 18.5 Å². The Labute approximate surface area is 116 Å². The molecule has 0 fully saturated rings. The number of carbonyl (C=O) groups excluding carboxylic acids is 2. The molecule has 0 aliphatic heterocycles. The van der Waals surface area contributed by atoms with Gasteiger partial charge in [-0.2, -0.15) is 13.2 Å². The highest BCUT2D eigenvalue weighted by atomic mass is 19.4. The van der Waals surface area contributed by atoms with E-state index in [-0.39, 0.29) is 24.4 Å². The van der Waals surface area contributed by atoms with Crippen LogP contribution in [0.15, 0.2) is 0 Å². The number of carbonyl (C=O) groups is 2. The van der Waals surface area contributed by atoms with Crippen molar-refractivity contribution in [3.63, 3.8) is 0 Å². The van der Waals surface area contributed by atoms with Crippen molar-refractivity contribution in [2.75, 3.05) is 13.1 Å². The number of halogens is 3. The average molecular weight is 297 g/mol. The van der Waals surface area contributed by atoms with Crippen LogP contribution in [0.5, 0.6) is 0 Å². The summed E-state index contributed by atoms with van der Waals surface area (Å²) >= 11 is 0. The molecule has 0 rings (SSSR count). The summed E-state index contributed by atoms with van der Waals surface area (Å²) in [6.45, 7) is 5.81. The van der Waals surface area contributed by atoms with Gasteiger partial charge in [-0.1, -0.05) is 0 Å². The van der Waals surface area contributed by atoms with E-state index in [1.165, 1.54) is 6.92 Å². The minimum atomic E-state index is -4.43. The van der Waals surface area contributed by atoms with Crippen molar-refractivity contribution >= 4 is 11.8 Å². The molecule has 0 aromatic rings. The van der Waals surface area contributed by atoms with Crippen LogP contribution in [-0.4, -0.2) is 42.7 Å². The Hall–Kier alpha value is -1.31. The van der Waals surface area contributed by atoms with Crippen molar-refractivity contribution in [1.82, 2.24) is 16.0 Å². The third-order valence-electron chi connectivity index (χ3n) is 2.17. The molecule has 3 N–H and O–H groups in total. The quantitative estimate of drug-likeness (QED) is 0.683. The van der Waals surface area contributed by atoms with E-state index in [2.05, 4.69) is 10.6 Å². The lowest BCUT2D eigenvalue weighted by molar-refractivity contribution is -0.139. The summed E-state index contributed by atoms with van der Waals surface area (Å²) in [5.41, 5.74) is -0.340. The molecule has 0 aliphatic rings. The van der Waals surface area contributed by atoms with Crippen LogP contribution in [0, 0.1) is 0 Å². The topological polar surface area (TPSA) is 70.2 Å². The smallest absolute Gasteiger partial charge is 0.351 e. The van der Waals surface area contributed by atoms with Crippen LogP contribution in [0.2, 0.25) is 0 Å². The molecule has 5 nitrogen and oxygen atoms in total. The van der Waals surface area contributed by atoms with Gasteiger partial charge in [0.1, 0.15) is 6.54 Å². The minimum absolute atomic E-state index is 0.147. The first-order chi connectivity index (χ1) is 8.91. The van der Waals surface area contributed by atoms with E-state index in [9.17, 15) is 22.8 Å². The van der Waals surface area contributed by atoms with Crippen LogP contribution >= 0.6 is 0 Å². The molecule has 118 valence electrons. The van der Waals surface area contributed by atoms with Crippen molar-refractivity contribution in [3.8, 4) is 0 Å². The molecular formula is C12H22F3N3O2. The number of alkyl halides is 3. The van der Waals surface area contributed by atoms with Gasteiger partial charge in [-0.25, -0.2) is 0 Å². The lowest BCUT2D eigenvalue weighted by Crippen LogP contribution is -2.46. The van der Waals surface area contributed by atoms with E-state index in [4.69, 9.17) is 0 Å². The fourth-order valence-electron chi connectivity index (χ4n) is 1.32.